The van der Waals surface area contributed by atoms with Crippen LogP contribution in [-0.2, 0) is 13.5 Å². The van der Waals surface area contributed by atoms with Crippen LogP contribution in [0.1, 0.15) is 5.56 Å². The molecule has 0 amide bonds. The van der Waals surface area contributed by atoms with Gasteiger partial charge in [-0.05, 0) is 36.2 Å². The van der Waals surface area contributed by atoms with E-state index in [2.05, 4.69) is 22.5 Å². The van der Waals surface area contributed by atoms with E-state index in [-0.39, 0.29) is 5.56 Å². The van der Waals surface area contributed by atoms with Crippen molar-refractivity contribution in [2.24, 2.45) is 7.05 Å². The number of nitrogens with one attached hydrogen (secondary N) is 1. The number of aromatic nitrogens is 3. The van der Waals surface area contributed by atoms with E-state index in [4.69, 9.17) is 4.74 Å². The maximum Gasteiger partial charge on any atom is 0.257 e. The molecule has 0 bridgehead atoms. The van der Waals surface area contributed by atoms with Crippen molar-refractivity contribution in [1.29, 1.82) is 0 Å². The molecule has 0 spiro atoms. The van der Waals surface area contributed by atoms with Gasteiger partial charge in [0, 0.05) is 54.6 Å². The van der Waals surface area contributed by atoms with Crippen LogP contribution in [-0.4, -0.2) is 27.8 Å². The summed E-state index contributed by atoms with van der Waals surface area (Å²) in [4.78, 5) is 12.9. The largest absolute Gasteiger partial charge is 0.463 e. The Bertz CT molecular complexity index is 1200. The van der Waals surface area contributed by atoms with Gasteiger partial charge in [-0.25, -0.2) is 4.39 Å². The molecule has 31 heavy (non-hydrogen) atoms. The Hall–Kier alpha value is -3.87. The molecule has 1 N–H and O–H groups in total. The number of anilines is 1. The summed E-state index contributed by atoms with van der Waals surface area (Å²) in [5.74, 6) is 0.408. The molecule has 0 aliphatic rings. The summed E-state index contributed by atoms with van der Waals surface area (Å²) in [7, 11) is 1.85. The van der Waals surface area contributed by atoms with Gasteiger partial charge in [-0.15, -0.1) is 0 Å². The van der Waals surface area contributed by atoms with Crippen molar-refractivity contribution >= 4 is 5.69 Å². The third kappa shape index (κ3) is 4.83. The average Bonchev–Trinajstić information content (AvgIpc) is 3.22. The molecule has 2 heterocycles. The van der Waals surface area contributed by atoms with Gasteiger partial charge in [0.15, 0.2) is 0 Å². The van der Waals surface area contributed by atoms with Gasteiger partial charge < -0.3 is 10.1 Å². The summed E-state index contributed by atoms with van der Waals surface area (Å²) in [5.41, 5.74) is 4.23. The Morgan fingerprint density at radius 3 is 2.52 bits per heavy atom. The van der Waals surface area contributed by atoms with Crippen LogP contribution in [0, 0.1) is 0 Å². The quantitative estimate of drug-likeness (QED) is 0.466. The first-order valence-electron chi connectivity index (χ1n) is 9.97. The minimum Gasteiger partial charge on any atom is -0.463 e. The Morgan fingerprint density at radius 1 is 1.06 bits per heavy atom. The molecule has 0 atom stereocenters. The molecule has 4 aromatic rings. The Morgan fingerprint density at radius 2 is 1.84 bits per heavy atom. The molecule has 158 valence electrons. The lowest BCUT2D eigenvalue weighted by atomic mass is 10.1. The fourth-order valence-corrected chi connectivity index (χ4v) is 3.42. The molecule has 2 aromatic heterocycles. The number of aryl methyl sites for hydroxylation is 1. The highest BCUT2D eigenvalue weighted by Crippen LogP contribution is 2.27. The highest BCUT2D eigenvalue weighted by atomic mass is 19.1. The van der Waals surface area contributed by atoms with Gasteiger partial charge in [0.2, 0.25) is 6.86 Å². The molecule has 0 saturated carbocycles. The number of ether oxygens (including phenoxy) is 1. The summed E-state index contributed by atoms with van der Waals surface area (Å²) in [5, 5.41) is 7.67. The number of rotatable bonds is 8. The third-order valence-corrected chi connectivity index (χ3v) is 4.98. The van der Waals surface area contributed by atoms with Gasteiger partial charge in [0.1, 0.15) is 5.75 Å². The third-order valence-electron chi connectivity index (χ3n) is 4.98. The number of benzene rings is 2. The number of nitrogens with zero attached hydrogens (tertiary/aromatic N) is 3. The Balaban J connectivity index is 1.66. The smallest absolute Gasteiger partial charge is 0.257 e. The molecule has 0 aliphatic carbocycles. The molecule has 0 saturated heterocycles. The Kier molecular flexibility index (Phi) is 6.12. The van der Waals surface area contributed by atoms with Crippen molar-refractivity contribution in [2.45, 2.75) is 6.42 Å². The molecule has 0 aliphatic heterocycles. The van der Waals surface area contributed by atoms with E-state index in [1.165, 1.54) is 5.56 Å². The predicted molar refractivity (Wildman–Crippen MR) is 119 cm³/mol. The SMILES string of the molecule is Cn1cc(-c2cn(-c3ccc(OCF)cc3)c(=O)cc2NCCc2ccccc2)cn1. The zero-order valence-electron chi connectivity index (χ0n) is 17.2. The summed E-state index contributed by atoms with van der Waals surface area (Å²) in [6.07, 6.45) is 6.32. The summed E-state index contributed by atoms with van der Waals surface area (Å²) in [6.45, 7) is -0.205. The zero-order valence-corrected chi connectivity index (χ0v) is 17.2. The Labute approximate surface area is 179 Å². The van der Waals surface area contributed by atoms with Gasteiger partial charge in [-0.2, -0.15) is 5.10 Å². The molecule has 2 aromatic carbocycles. The fraction of sp³-hybridized carbons (Fsp3) is 0.167. The predicted octanol–water partition coefficient (Wildman–Crippen LogP) is 4.20. The fourth-order valence-electron chi connectivity index (χ4n) is 3.42. The second-order valence-electron chi connectivity index (χ2n) is 7.12. The van der Waals surface area contributed by atoms with Crippen molar-refractivity contribution in [1.82, 2.24) is 14.3 Å². The number of pyridine rings is 1. The van der Waals surface area contributed by atoms with Crippen LogP contribution in [0.5, 0.6) is 5.75 Å². The van der Waals surface area contributed by atoms with Gasteiger partial charge in [0.25, 0.3) is 5.56 Å². The summed E-state index contributed by atoms with van der Waals surface area (Å²) in [6, 6.07) is 18.5. The van der Waals surface area contributed by atoms with Crippen molar-refractivity contribution in [3.05, 3.63) is 95.2 Å². The lowest BCUT2D eigenvalue weighted by Crippen LogP contribution is -2.19. The second kappa shape index (κ2) is 9.30. The number of hydrogen-bond donors (Lipinski definition) is 1. The van der Waals surface area contributed by atoms with Crippen molar-refractivity contribution in [3.8, 4) is 22.6 Å². The highest BCUT2D eigenvalue weighted by molar-refractivity contribution is 5.76. The molecule has 7 heteroatoms. The van der Waals surface area contributed by atoms with E-state index in [0.29, 0.717) is 18.0 Å². The minimum absolute atomic E-state index is 0.172. The minimum atomic E-state index is -0.895. The second-order valence-corrected chi connectivity index (χ2v) is 7.12. The van der Waals surface area contributed by atoms with E-state index >= 15 is 0 Å². The molecular weight excluding hydrogens is 395 g/mol. The number of hydrogen-bond acceptors (Lipinski definition) is 4. The zero-order chi connectivity index (χ0) is 21.6. The van der Waals surface area contributed by atoms with Gasteiger partial charge in [-0.1, -0.05) is 30.3 Å². The lowest BCUT2D eigenvalue weighted by molar-refractivity contribution is 0.192. The van der Waals surface area contributed by atoms with E-state index in [0.717, 1.165) is 23.2 Å². The van der Waals surface area contributed by atoms with Crippen LogP contribution >= 0.6 is 0 Å². The maximum absolute atomic E-state index is 12.9. The summed E-state index contributed by atoms with van der Waals surface area (Å²) < 4.78 is 20.5. The van der Waals surface area contributed by atoms with Gasteiger partial charge in [-0.3, -0.25) is 14.0 Å². The van der Waals surface area contributed by atoms with E-state index in [1.54, 1.807) is 52.0 Å². The van der Waals surface area contributed by atoms with E-state index < -0.39 is 6.86 Å². The van der Waals surface area contributed by atoms with Gasteiger partial charge >= 0.3 is 0 Å². The molecule has 0 radical (unpaired) electrons. The first-order chi connectivity index (χ1) is 15.1. The summed E-state index contributed by atoms with van der Waals surface area (Å²) >= 11 is 0. The van der Waals surface area contributed by atoms with E-state index in [9.17, 15) is 9.18 Å². The molecule has 0 fully saturated rings. The van der Waals surface area contributed by atoms with Crippen LogP contribution < -0.4 is 15.6 Å². The molecule has 4 rings (SSSR count). The lowest BCUT2D eigenvalue weighted by Gasteiger charge is -2.15. The van der Waals surface area contributed by atoms with Crippen molar-refractivity contribution < 1.29 is 9.13 Å². The highest BCUT2D eigenvalue weighted by Gasteiger charge is 2.12. The van der Waals surface area contributed by atoms with Crippen LogP contribution in [0.2, 0.25) is 0 Å². The molecule has 0 unspecified atom stereocenters. The first-order valence-corrected chi connectivity index (χ1v) is 9.97. The van der Waals surface area contributed by atoms with Crippen LogP contribution in [0.25, 0.3) is 16.8 Å². The number of halogens is 1. The first kappa shape index (κ1) is 20.4. The monoisotopic (exact) mass is 418 g/mol. The normalized spacial score (nSPS) is 10.8. The maximum atomic E-state index is 12.9. The molecular formula is C24H23FN4O2. The number of alkyl halides is 1. The van der Waals surface area contributed by atoms with Crippen LogP contribution in [0.3, 0.4) is 0 Å². The van der Waals surface area contributed by atoms with Crippen molar-refractivity contribution in [3.63, 3.8) is 0 Å². The van der Waals surface area contributed by atoms with Crippen LogP contribution in [0.4, 0.5) is 10.1 Å². The van der Waals surface area contributed by atoms with E-state index in [1.807, 2.05) is 31.4 Å². The van der Waals surface area contributed by atoms with Crippen LogP contribution in [0.15, 0.2) is 84.0 Å². The average molecular weight is 418 g/mol. The standard InChI is InChI=1S/C24H23FN4O2/c1-28-15-19(14-27-28)22-16-29(20-7-9-21(10-8-20)31-17-25)24(30)13-23(22)26-12-11-18-5-3-2-4-6-18/h2-10,13-16,26H,11-12,17H2,1H3. The molecule has 6 nitrogen and oxygen atoms in total. The van der Waals surface area contributed by atoms with Gasteiger partial charge in [0.05, 0.1) is 6.20 Å². The topological polar surface area (TPSA) is 61.1 Å². The van der Waals surface area contributed by atoms with Crippen molar-refractivity contribution in [2.75, 3.05) is 18.7 Å².